The van der Waals surface area contributed by atoms with Crippen molar-refractivity contribution in [3.63, 3.8) is 0 Å². The molecule has 0 atom stereocenters. The van der Waals surface area contributed by atoms with Gasteiger partial charge in [-0.2, -0.15) is 0 Å². The summed E-state index contributed by atoms with van der Waals surface area (Å²) in [6, 6.07) is 9.17. The van der Waals surface area contributed by atoms with E-state index in [0.29, 0.717) is 29.4 Å². The van der Waals surface area contributed by atoms with E-state index in [-0.39, 0.29) is 5.91 Å². The maximum atomic E-state index is 12.4. The highest BCUT2D eigenvalue weighted by molar-refractivity contribution is 5.94. The molecule has 0 saturated carbocycles. The largest absolute Gasteiger partial charge is 0.496 e. The van der Waals surface area contributed by atoms with Crippen molar-refractivity contribution in [2.45, 2.75) is 20.4 Å². The van der Waals surface area contributed by atoms with Gasteiger partial charge in [0.2, 0.25) is 0 Å². The molecule has 2 aromatic rings. The first-order valence-electron chi connectivity index (χ1n) is 7.64. The number of aryl methyl sites for hydroxylation is 2. The van der Waals surface area contributed by atoms with Crippen molar-refractivity contribution in [2.24, 2.45) is 0 Å². The first kappa shape index (κ1) is 17.7. The molecule has 128 valence electrons. The minimum absolute atomic E-state index is 0.141. The molecule has 0 bridgehead atoms. The highest BCUT2D eigenvalue weighted by atomic mass is 16.5. The molecule has 0 unspecified atom stereocenters. The third-order valence-electron chi connectivity index (χ3n) is 4.01. The molecule has 2 rings (SSSR count). The molecular weight excluding hydrogens is 306 g/mol. The lowest BCUT2D eigenvalue weighted by Crippen LogP contribution is -2.23. The predicted molar refractivity (Wildman–Crippen MR) is 93.2 cm³/mol. The van der Waals surface area contributed by atoms with E-state index < -0.39 is 0 Å². The number of nitrogens with one attached hydrogen (secondary N) is 1. The molecule has 0 aliphatic carbocycles. The van der Waals surface area contributed by atoms with Crippen LogP contribution in [0.4, 0.5) is 0 Å². The van der Waals surface area contributed by atoms with Crippen LogP contribution in [0.5, 0.6) is 17.2 Å². The van der Waals surface area contributed by atoms with Gasteiger partial charge in [0.05, 0.1) is 33.4 Å². The number of benzene rings is 2. The van der Waals surface area contributed by atoms with Crippen LogP contribution in [-0.4, -0.2) is 27.2 Å². The quantitative estimate of drug-likeness (QED) is 0.884. The van der Waals surface area contributed by atoms with E-state index in [4.69, 9.17) is 14.2 Å². The van der Waals surface area contributed by atoms with Gasteiger partial charge in [-0.25, -0.2) is 0 Å². The maximum Gasteiger partial charge on any atom is 0.251 e. The van der Waals surface area contributed by atoms with Gasteiger partial charge in [0.15, 0.2) is 0 Å². The maximum absolute atomic E-state index is 12.4. The molecular formula is C19H23NO4. The van der Waals surface area contributed by atoms with Crippen LogP contribution in [0.15, 0.2) is 30.3 Å². The molecule has 0 aliphatic heterocycles. The average molecular weight is 329 g/mol. The first-order valence-corrected chi connectivity index (χ1v) is 7.64. The summed E-state index contributed by atoms with van der Waals surface area (Å²) in [7, 11) is 4.72. The Morgan fingerprint density at radius 2 is 1.54 bits per heavy atom. The number of carbonyl (C=O) groups excluding carboxylic acids is 1. The Hall–Kier alpha value is -2.69. The monoisotopic (exact) mass is 329 g/mol. The average Bonchev–Trinajstić information content (AvgIpc) is 2.61. The van der Waals surface area contributed by atoms with Gasteiger partial charge in [0.25, 0.3) is 5.91 Å². The zero-order chi connectivity index (χ0) is 17.7. The number of hydrogen-bond donors (Lipinski definition) is 1. The molecule has 2 aromatic carbocycles. The molecule has 0 heterocycles. The fourth-order valence-corrected chi connectivity index (χ4v) is 2.41. The van der Waals surface area contributed by atoms with E-state index in [1.807, 2.05) is 32.0 Å². The summed E-state index contributed by atoms with van der Waals surface area (Å²) >= 11 is 0. The number of rotatable bonds is 6. The van der Waals surface area contributed by atoms with Crippen LogP contribution in [0.1, 0.15) is 27.0 Å². The summed E-state index contributed by atoms with van der Waals surface area (Å²) in [5, 5.41) is 2.91. The Balaban J connectivity index is 2.21. The second kappa shape index (κ2) is 7.73. The van der Waals surface area contributed by atoms with Gasteiger partial charge in [-0.3, -0.25) is 4.79 Å². The Morgan fingerprint density at radius 1 is 0.917 bits per heavy atom. The van der Waals surface area contributed by atoms with Crippen molar-refractivity contribution in [1.82, 2.24) is 5.32 Å². The van der Waals surface area contributed by atoms with Crippen molar-refractivity contribution in [1.29, 1.82) is 0 Å². The van der Waals surface area contributed by atoms with Crippen LogP contribution in [0.3, 0.4) is 0 Å². The molecule has 24 heavy (non-hydrogen) atoms. The normalized spacial score (nSPS) is 10.2. The molecule has 1 amide bonds. The van der Waals surface area contributed by atoms with E-state index in [2.05, 4.69) is 5.32 Å². The van der Waals surface area contributed by atoms with E-state index in [1.54, 1.807) is 33.5 Å². The smallest absolute Gasteiger partial charge is 0.251 e. The van der Waals surface area contributed by atoms with Crippen molar-refractivity contribution < 1.29 is 19.0 Å². The lowest BCUT2D eigenvalue weighted by atomic mass is 10.1. The van der Waals surface area contributed by atoms with Gasteiger partial charge >= 0.3 is 0 Å². The molecule has 0 fully saturated rings. The summed E-state index contributed by atoms with van der Waals surface area (Å²) in [4.78, 5) is 12.4. The Labute approximate surface area is 142 Å². The number of amides is 1. The van der Waals surface area contributed by atoms with Crippen LogP contribution >= 0.6 is 0 Å². The Morgan fingerprint density at radius 3 is 2.04 bits per heavy atom. The second-order valence-electron chi connectivity index (χ2n) is 5.49. The van der Waals surface area contributed by atoms with Crippen molar-refractivity contribution in [3.05, 3.63) is 52.6 Å². The summed E-state index contributed by atoms with van der Waals surface area (Å²) in [6.07, 6.45) is 0. The minimum Gasteiger partial charge on any atom is -0.496 e. The van der Waals surface area contributed by atoms with E-state index in [1.165, 1.54) is 0 Å². The summed E-state index contributed by atoms with van der Waals surface area (Å²) in [5.74, 6) is 1.70. The topological polar surface area (TPSA) is 56.8 Å². The van der Waals surface area contributed by atoms with Crippen LogP contribution in [0.25, 0.3) is 0 Å². The molecule has 1 N–H and O–H groups in total. The zero-order valence-corrected chi connectivity index (χ0v) is 14.7. The van der Waals surface area contributed by atoms with Crippen LogP contribution in [-0.2, 0) is 6.54 Å². The van der Waals surface area contributed by atoms with Crippen molar-refractivity contribution >= 4 is 5.91 Å². The lowest BCUT2D eigenvalue weighted by molar-refractivity contribution is 0.0950. The fraction of sp³-hybridized carbons (Fsp3) is 0.316. The molecule has 0 aromatic heterocycles. The standard InChI is InChI=1S/C19H23NO4/c1-12-6-7-14(8-13(12)2)19(21)20-11-16-17(23-4)9-15(22-3)10-18(16)24-5/h6-10H,11H2,1-5H3,(H,20,21). The minimum atomic E-state index is -0.141. The predicted octanol–water partition coefficient (Wildman–Crippen LogP) is 3.26. The summed E-state index contributed by atoms with van der Waals surface area (Å²) in [6.45, 7) is 4.30. The van der Waals surface area contributed by atoms with E-state index >= 15 is 0 Å². The lowest BCUT2D eigenvalue weighted by Gasteiger charge is -2.15. The number of ether oxygens (including phenoxy) is 3. The first-order chi connectivity index (χ1) is 11.5. The number of carbonyl (C=O) groups is 1. The van der Waals surface area contributed by atoms with Gasteiger partial charge in [-0.15, -0.1) is 0 Å². The van der Waals surface area contributed by atoms with Crippen LogP contribution in [0, 0.1) is 13.8 Å². The zero-order valence-electron chi connectivity index (χ0n) is 14.7. The van der Waals surface area contributed by atoms with Gasteiger partial charge in [0, 0.05) is 17.7 Å². The molecule has 0 spiro atoms. The fourth-order valence-electron chi connectivity index (χ4n) is 2.41. The van der Waals surface area contributed by atoms with E-state index in [9.17, 15) is 4.79 Å². The molecule has 0 saturated heterocycles. The van der Waals surface area contributed by atoms with Gasteiger partial charge in [-0.05, 0) is 37.1 Å². The van der Waals surface area contributed by atoms with Gasteiger partial charge in [-0.1, -0.05) is 6.07 Å². The Kier molecular flexibility index (Phi) is 5.68. The number of hydrogen-bond acceptors (Lipinski definition) is 4. The van der Waals surface area contributed by atoms with E-state index in [0.717, 1.165) is 16.7 Å². The number of methoxy groups -OCH3 is 3. The van der Waals surface area contributed by atoms with Crippen molar-refractivity contribution in [2.75, 3.05) is 21.3 Å². The third kappa shape index (κ3) is 3.79. The molecule has 0 aliphatic rings. The van der Waals surface area contributed by atoms with Crippen LogP contribution in [0.2, 0.25) is 0 Å². The second-order valence-corrected chi connectivity index (χ2v) is 5.49. The third-order valence-corrected chi connectivity index (χ3v) is 4.01. The Bertz CT molecular complexity index is 715. The molecule has 5 heteroatoms. The summed E-state index contributed by atoms with van der Waals surface area (Å²) < 4.78 is 16.0. The highest BCUT2D eigenvalue weighted by Crippen LogP contribution is 2.33. The highest BCUT2D eigenvalue weighted by Gasteiger charge is 2.15. The van der Waals surface area contributed by atoms with Gasteiger partial charge in [0.1, 0.15) is 17.2 Å². The SMILES string of the molecule is COc1cc(OC)c(CNC(=O)c2ccc(C)c(C)c2)c(OC)c1. The van der Waals surface area contributed by atoms with Crippen LogP contribution < -0.4 is 19.5 Å². The summed E-state index contributed by atoms with van der Waals surface area (Å²) in [5.41, 5.74) is 3.63. The molecule has 5 nitrogen and oxygen atoms in total. The van der Waals surface area contributed by atoms with Gasteiger partial charge < -0.3 is 19.5 Å². The molecule has 0 radical (unpaired) electrons. The van der Waals surface area contributed by atoms with Crippen molar-refractivity contribution in [3.8, 4) is 17.2 Å².